The van der Waals surface area contributed by atoms with Crippen LogP contribution in [0.15, 0.2) is 48.5 Å². The van der Waals surface area contributed by atoms with E-state index in [9.17, 15) is 9.59 Å². The third-order valence-corrected chi connectivity index (χ3v) is 4.92. The predicted molar refractivity (Wildman–Crippen MR) is 101 cm³/mol. The average molecular weight is 336 g/mol. The molecular weight excluding hydrogens is 312 g/mol. The molecular formula is C21H24N2O2. The number of hydrogen-bond acceptors (Lipinski definition) is 2. The van der Waals surface area contributed by atoms with Crippen LogP contribution in [-0.4, -0.2) is 17.9 Å². The quantitative estimate of drug-likeness (QED) is 0.863. The van der Waals surface area contributed by atoms with Crippen molar-refractivity contribution in [1.29, 1.82) is 0 Å². The Morgan fingerprint density at radius 3 is 2.44 bits per heavy atom. The SMILES string of the molecule is Cc1ccccc1NC(=O)C(C)(C)C(=O)N1c2ccccc2CC1C. The third kappa shape index (κ3) is 3.04. The number of benzene rings is 2. The lowest BCUT2D eigenvalue weighted by Crippen LogP contribution is -2.49. The molecule has 2 aromatic rings. The molecule has 0 spiro atoms. The van der Waals surface area contributed by atoms with Crippen molar-refractivity contribution in [3.8, 4) is 0 Å². The van der Waals surface area contributed by atoms with Crippen LogP contribution in [0.4, 0.5) is 11.4 Å². The summed E-state index contributed by atoms with van der Waals surface area (Å²) in [5.74, 6) is -0.459. The minimum absolute atomic E-state index is 0.0513. The molecule has 1 unspecified atom stereocenters. The molecule has 4 nitrogen and oxygen atoms in total. The van der Waals surface area contributed by atoms with Crippen molar-refractivity contribution in [2.45, 2.75) is 40.2 Å². The molecule has 1 N–H and O–H groups in total. The Bertz CT molecular complexity index is 826. The Labute approximate surface area is 148 Å². The number of rotatable bonds is 3. The van der Waals surface area contributed by atoms with Crippen molar-refractivity contribution < 1.29 is 9.59 Å². The van der Waals surface area contributed by atoms with Crippen LogP contribution in [0.25, 0.3) is 0 Å². The van der Waals surface area contributed by atoms with Gasteiger partial charge >= 0.3 is 0 Å². The topological polar surface area (TPSA) is 49.4 Å². The summed E-state index contributed by atoms with van der Waals surface area (Å²) in [7, 11) is 0. The lowest BCUT2D eigenvalue weighted by molar-refractivity contribution is -0.136. The lowest BCUT2D eigenvalue weighted by Gasteiger charge is -2.31. The summed E-state index contributed by atoms with van der Waals surface area (Å²) in [6.45, 7) is 7.34. The molecule has 2 aromatic carbocycles. The van der Waals surface area contributed by atoms with Crippen molar-refractivity contribution in [2.24, 2.45) is 5.41 Å². The fraction of sp³-hybridized carbons (Fsp3) is 0.333. The van der Waals surface area contributed by atoms with Crippen molar-refractivity contribution in [3.63, 3.8) is 0 Å². The Morgan fingerprint density at radius 1 is 1.08 bits per heavy atom. The molecule has 1 aliphatic rings. The highest BCUT2D eigenvalue weighted by Gasteiger charge is 2.43. The number of anilines is 2. The number of hydrogen-bond donors (Lipinski definition) is 1. The molecule has 2 amide bonds. The van der Waals surface area contributed by atoms with E-state index in [1.165, 1.54) is 0 Å². The van der Waals surface area contributed by atoms with Crippen molar-refractivity contribution in [3.05, 3.63) is 59.7 Å². The van der Waals surface area contributed by atoms with Crippen molar-refractivity contribution >= 4 is 23.2 Å². The number of carbonyl (C=O) groups is 2. The molecule has 0 bridgehead atoms. The van der Waals surface area contributed by atoms with Gasteiger partial charge < -0.3 is 10.2 Å². The van der Waals surface area contributed by atoms with E-state index in [0.29, 0.717) is 0 Å². The number of carbonyl (C=O) groups excluding carboxylic acids is 2. The number of para-hydroxylation sites is 2. The normalized spacial score (nSPS) is 16.5. The minimum Gasteiger partial charge on any atom is -0.325 e. The van der Waals surface area contributed by atoms with Gasteiger partial charge in [0.15, 0.2) is 0 Å². The molecule has 1 aliphatic heterocycles. The second-order valence-corrected chi connectivity index (χ2v) is 7.25. The number of nitrogens with one attached hydrogen (secondary N) is 1. The first-order valence-electron chi connectivity index (χ1n) is 8.61. The van der Waals surface area contributed by atoms with E-state index in [4.69, 9.17) is 0 Å². The van der Waals surface area contributed by atoms with E-state index in [0.717, 1.165) is 28.9 Å². The van der Waals surface area contributed by atoms with Crippen LogP contribution in [0.2, 0.25) is 0 Å². The number of fused-ring (bicyclic) bond motifs is 1. The first-order valence-corrected chi connectivity index (χ1v) is 8.61. The van der Waals surface area contributed by atoms with Gasteiger partial charge in [0.05, 0.1) is 0 Å². The van der Waals surface area contributed by atoms with Crippen LogP contribution in [0.1, 0.15) is 31.9 Å². The van der Waals surface area contributed by atoms with Gasteiger partial charge in [-0.15, -0.1) is 0 Å². The van der Waals surface area contributed by atoms with Crippen LogP contribution in [0, 0.1) is 12.3 Å². The van der Waals surface area contributed by atoms with Gasteiger partial charge in [0.1, 0.15) is 5.41 Å². The van der Waals surface area contributed by atoms with Crippen molar-refractivity contribution in [2.75, 3.05) is 10.2 Å². The summed E-state index contributed by atoms with van der Waals surface area (Å²) >= 11 is 0. The lowest BCUT2D eigenvalue weighted by atomic mass is 9.89. The zero-order chi connectivity index (χ0) is 18.2. The van der Waals surface area contributed by atoms with Gasteiger partial charge in [0.25, 0.3) is 0 Å². The molecule has 0 aliphatic carbocycles. The number of amides is 2. The summed E-state index contributed by atoms with van der Waals surface area (Å²) in [6, 6.07) is 15.5. The van der Waals surface area contributed by atoms with Gasteiger partial charge in [0.2, 0.25) is 11.8 Å². The van der Waals surface area contributed by atoms with Gasteiger partial charge in [-0.3, -0.25) is 9.59 Å². The first-order chi connectivity index (χ1) is 11.8. The highest BCUT2D eigenvalue weighted by atomic mass is 16.2. The molecule has 0 saturated heterocycles. The van der Waals surface area contributed by atoms with E-state index in [2.05, 4.69) is 5.32 Å². The monoisotopic (exact) mass is 336 g/mol. The molecule has 130 valence electrons. The second kappa shape index (κ2) is 6.36. The molecule has 0 saturated carbocycles. The molecule has 3 rings (SSSR count). The summed E-state index contributed by atoms with van der Waals surface area (Å²) in [5.41, 5.74) is 2.62. The van der Waals surface area contributed by atoms with Gasteiger partial charge in [-0.05, 0) is 57.4 Å². The molecule has 0 fully saturated rings. The Kier molecular flexibility index (Phi) is 4.38. The maximum absolute atomic E-state index is 13.2. The fourth-order valence-electron chi connectivity index (χ4n) is 3.26. The summed E-state index contributed by atoms with van der Waals surface area (Å²) in [6.07, 6.45) is 0.817. The first kappa shape index (κ1) is 17.2. The Hall–Kier alpha value is -2.62. The zero-order valence-electron chi connectivity index (χ0n) is 15.2. The predicted octanol–water partition coefficient (Wildman–Crippen LogP) is 3.94. The average Bonchev–Trinajstić information content (AvgIpc) is 2.91. The summed E-state index contributed by atoms with van der Waals surface area (Å²) < 4.78 is 0. The summed E-state index contributed by atoms with van der Waals surface area (Å²) in [5, 5.41) is 2.91. The highest BCUT2D eigenvalue weighted by molar-refractivity contribution is 6.15. The maximum Gasteiger partial charge on any atom is 0.242 e. The summed E-state index contributed by atoms with van der Waals surface area (Å²) in [4.78, 5) is 27.8. The standard InChI is InChI=1S/C21H24N2O2/c1-14-9-5-7-11-17(14)22-19(24)21(3,4)20(25)23-15(2)13-16-10-6-8-12-18(16)23/h5-12,15H,13H2,1-4H3,(H,22,24). The Morgan fingerprint density at radius 2 is 1.72 bits per heavy atom. The van der Waals surface area contributed by atoms with Crippen LogP contribution in [-0.2, 0) is 16.0 Å². The van der Waals surface area contributed by atoms with E-state index < -0.39 is 5.41 Å². The molecule has 1 atom stereocenters. The third-order valence-electron chi connectivity index (χ3n) is 4.92. The molecule has 1 heterocycles. The van der Waals surface area contributed by atoms with Gasteiger partial charge in [0, 0.05) is 17.4 Å². The number of nitrogens with zero attached hydrogens (tertiary/aromatic N) is 1. The van der Waals surface area contributed by atoms with Crippen LogP contribution >= 0.6 is 0 Å². The molecule has 0 aromatic heterocycles. The second-order valence-electron chi connectivity index (χ2n) is 7.25. The molecule has 0 radical (unpaired) electrons. The van der Waals surface area contributed by atoms with Gasteiger partial charge in [-0.1, -0.05) is 36.4 Å². The van der Waals surface area contributed by atoms with Gasteiger partial charge in [-0.2, -0.15) is 0 Å². The van der Waals surface area contributed by atoms with E-state index in [-0.39, 0.29) is 17.9 Å². The highest BCUT2D eigenvalue weighted by Crippen LogP contribution is 2.35. The number of aryl methyl sites for hydroxylation is 1. The molecule has 4 heteroatoms. The van der Waals surface area contributed by atoms with Crippen LogP contribution in [0.3, 0.4) is 0 Å². The largest absolute Gasteiger partial charge is 0.325 e. The van der Waals surface area contributed by atoms with Gasteiger partial charge in [-0.25, -0.2) is 0 Å². The Balaban J connectivity index is 1.85. The minimum atomic E-state index is -1.16. The van der Waals surface area contributed by atoms with E-state index in [1.54, 1.807) is 18.7 Å². The van der Waals surface area contributed by atoms with Crippen LogP contribution < -0.4 is 10.2 Å². The zero-order valence-corrected chi connectivity index (χ0v) is 15.2. The van der Waals surface area contributed by atoms with E-state index >= 15 is 0 Å². The van der Waals surface area contributed by atoms with Crippen LogP contribution in [0.5, 0.6) is 0 Å². The smallest absolute Gasteiger partial charge is 0.242 e. The molecule has 25 heavy (non-hydrogen) atoms. The fourth-order valence-corrected chi connectivity index (χ4v) is 3.26. The van der Waals surface area contributed by atoms with Crippen molar-refractivity contribution in [1.82, 2.24) is 0 Å². The maximum atomic E-state index is 13.2. The van der Waals surface area contributed by atoms with E-state index in [1.807, 2.05) is 62.4 Å².